The Hall–Kier alpha value is -2.46. The molecule has 3 N–H and O–H groups in total. The molecule has 0 bridgehead atoms. The molecule has 0 spiro atoms. The van der Waals surface area contributed by atoms with Crippen LogP contribution >= 0.6 is 15.6 Å². The summed E-state index contributed by atoms with van der Waals surface area (Å²) in [4.78, 5) is 72.8. The molecular weight excluding hydrogens is 1250 g/mol. The highest BCUT2D eigenvalue weighted by molar-refractivity contribution is 7.47. The fourth-order valence-corrected chi connectivity index (χ4v) is 12.6. The van der Waals surface area contributed by atoms with Gasteiger partial charge in [0.2, 0.25) is 0 Å². The van der Waals surface area contributed by atoms with Crippen LogP contribution < -0.4 is 0 Å². The zero-order chi connectivity index (χ0) is 70.1. The molecule has 0 rings (SSSR count). The number of phosphoric ester groups is 2. The highest BCUT2D eigenvalue weighted by Gasteiger charge is 2.30. The number of ether oxygens (including phenoxy) is 4. The molecule has 0 radical (unpaired) electrons. The van der Waals surface area contributed by atoms with Gasteiger partial charge in [-0.1, -0.05) is 310 Å². The molecule has 0 saturated heterocycles. The lowest BCUT2D eigenvalue weighted by Crippen LogP contribution is -2.30. The number of esters is 4. The molecule has 0 aromatic carbocycles. The van der Waals surface area contributed by atoms with Crippen LogP contribution in [-0.4, -0.2) is 96.7 Å². The first-order valence-electron chi connectivity index (χ1n) is 38.7. The molecule has 0 aliphatic heterocycles. The topological polar surface area (TPSA) is 237 Å². The highest BCUT2D eigenvalue weighted by Crippen LogP contribution is 2.45. The number of phosphoric acid groups is 2. The van der Waals surface area contributed by atoms with E-state index in [0.717, 1.165) is 127 Å². The van der Waals surface area contributed by atoms with Gasteiger partial charge < -0.3 is 33.8 Å². The van der Waals surface area contributed by atoms with E-state index in [9.17, 15) is 43.2 Å². The quantitative estimate of drug-likeness (QED) is 0.0169. The third-order valence-electron chi connectivity index (χ3n) is 17.4. The molecule has 0 amide bonds. The summed E-state index contributed by atoms with van der Waals surface area (Å²) in [5.74, 6) is 0.136. The lowest BCUT2D eigenvalue weighted by atomic mass is 9.99. The van der Waals surface area contributed by atoms with Gasteiger partial charge in [0.05, 0.1) is 26.4 Å². The van der Waals surface area contributed by atoms with E-state index in [1.165, 1.54) is 154 Å². The molecule has 17 nitrogen and oxygen atoms in total. The van der Waals surface area contributed by atoms with Crippen LogP contribution in [0.1, 0.15) is 363 Å². The second kappa shape index (κ2) is 66.1. The van der Waals surface area contributed by atoms with Crippen LogP contribution in [0.3, 0.4) is 0 Å². The van der Waals surface area contributed by atoms with Gasteiger partial charge in [-0.05, 0) is 69.1 Å². The van der Waals surface area contributed by atoms with Crippen molar-refractivity contribution in [3.8, 4) is 0 Å². The van der Waals surface area contributed by atoms with Crippen LogP contribution in [0, 0.1) is 17.8 Å². The SMILES string of the molecule is CCCCCC/C=C\C=C/CCCCCCCC(=O)OC[C@H](COP(=O)(O)OCC(O)COP(=O)(O)OC[C@@H](COC(=O)CCCCCCCCCCC(C)C)OC(=O)CCCCCCCCCCC(C)CC)OC(=O)CCCCCCCCCCCCCCCCC(C)C. The predicted octanol–water partition coefficient (Wildman–Crippen LogP) is 21.7. The summed E-state index contributed by atoms with van der Waals surface area (Å²) in [6.07, 6.45) is 54.9. The van der Waals surface area contributed by atoms with Crippen molar-refractivity contribution in [3.63, 3.8) is 0 Å². The summed E-state index contributed by atoms with van der Waals surface area (Å²) in [6, 6.07) is 0. The van der Waals surface area contributed by atoms with Gasteiger partial charge in [-0.2, -0.15) is 0 Å². The minimum absolute atomic E-state index is 0.100. The number of hydrogen-bond acceptors (Lipinski definition) is 15. The second-order valence-corrected chi connectivity index (χ2v) is 30.8. The normalized spacial score (nSPS) is 14.5. The summed E-state index contributed by atoms with van der Waals surface area (Å²) in [5.41, 5.74) is 0. The zero-order valence-electron chi connectivity index (χ0n) is 61.6. The maximum absolute atomic E-state index is 13.1. The van der Waals surface area contributed by atoms with Gasteiger partial charge in [-0.15, -0.1) is 0 Å². The summed E-state index contributed by atoms with van der Waals surface area (Å²) in [5, 5.41) is 10.6. The number of unbranched alkanes of at least 4 members (excludes halogenated alkanes) is 36. The Morgan fingerprint density at radius 2 is 0.621 bits per heavy atom. The highest BCUT2D eigenvalue weighted by atomic mass is 31.2. The molecule has 95 heavy (non-hydrogen) atoms. The second-order valence-electron chi connectivity index (χ2n) is 27.9. The molecule has 0 heterocycles. The van der Waals surface area contributed by atoms with E-state index in [0.29, 0.717) is 25.7 Å². The van der Waals surface area contributed by atoms with Crippen molar-refractivity contribution in [1.82, 2.24) is 0 Å². The number of aliphatic hydroxyl groups is 1. The fourth-order valence-electron chi connectivity index (χ4n) is 11.0. The molecule has 0 fully saturated rings. The molecule has 0 aliphatic rings. The Morgan fingerprint density at radius 3 is 0.937 bits per heavy atom. The molecule has 0 aromatic heterocycles. The zero-order valence-corrected chi connectivity index (χ0v) is 63.4. The van der Waals surface area contributed by atoms with Gasteiger partial charge in [0.15, 0.2) is 12.2 Å². The van der Waals surface area contributed by atoms with Crippen molar-refractivity contribution in [1.29, 1.82) is 0 Å². The van der Waals surface area contributed by atoms with Gasteiger partial charge in [-0.3, -0.25) is 37.3 Å². The van der Waals surface area contributed by atoms with E-state index in [-0.39, 0.29) is 25.7 Å². The number of carbonyl (C=O) groups is 4. The Bertz CT molecular complexity index is 1950. The maximum Gasteiger partial charge on any atom is 0.472 e. The Labute approximate surface area is 580 Å². The molecular formula is C76H144O17P2. The number of carbonyl (C=O) groups excluding carboxylic acids is 4. The van der Waals surface area contributed by atoms with Gasteiger partial charge in [0.25, 0.3) is 0 Å². The van der Waals surface area contributed by atoms with E-state index in [2.05, 4.69) is 72.8 Å². The Balaban J connectivity index is 5.30. The van der Waals surface area contributed by atoms with E-state index >= 15 is 0 Å². The monoisotopic (exact) mass is 1390 g/mol. The molecule has 0 aliphatic carbocycles. The van der Waals surface area contributed by atoms with Crippen LogP contribution in [0.15, 0.2) is 24.3 Å². The third-order valence-corrected chi connectivity index (χ3v) is 19.3. The van der Waals surface area contributed by atoms with Gasteiger partial charge in [0, 0.05) is 25.7 Å². The van der Waals surface area contributed by atoms with Crippen LogP contribution in [0.4, 0.5) is 0 Å². The summed E-state index contributed by atoms with van der Waals surface area (Å²) in [7, 11) is -9.92. The van der Waals surface area contributed by atoms with Gasteiger partial charge >= 0.3 is 39.5 Å². The largest absolute Gasteiger partial charge is 0.472 e. The number of hydrogen-bond donors (Lipinski definition) is 3. The van der Waals surface area contributed by atoms with Crippen LogP contribution in [0.25, 0.3) is 0 Å². The number of allylic oxidation sites excluding steroid dienone is 4. The molecule has 0 saturated carbocycles. The molecule has 4 unspecified atom stereocenters. The van der Waals surface area contributed by atoms with Crippen molar-refractivity contribution in [2.45, 2.75) is 381 Å². The molecule has 19 heteroatoms. The average molecular weight is 1390 g/mol. The minimum Gasteiger partial charge on any atom is -0.462 e. The first-order valence-corrected chi connectivity index (χ1v) is 41.7. The average Bonchev–Trinajstić information content (AvgIpc) is 1.57. The van der Waals surface area contributed by atoms with Crippen molar-refractivity contribution in [2.24, 2.45) is 17.8 Å². The van der Waals surface area contributed by atoms with Gasteiger partial charge in [-0.25, -0.2) is 9.13 Å². The standard InChI is InChI=1S/C76H144O17P2/c1-8-10-11-12-13-14-15-16-17-21-24-27-36-43-50-57-73(78)86-63-71(92-75(80)59-52-45-38-28-25-22-19-18-20-23-26-33-40-47-54-67(3)4)65-90-94(82,83)88-61-70(77)62-89-95(84,85)91-66-72(64-87-74(79)58-51-44-37-31-29-34-41-48-55-68(5)6)93-76(81)60-53-46-39-32-30-35-42-49-56-69(7)9-2/h14-17,67-72,77H,8-13,18-66H2,1-7H3,(H,82,83)(H,84,85)/b15-14-,17-16-/t69?,70?,71-,72-/m1/s1. The molecule has 560 valence electrons. The first-order chi connectivity index (χ1) is 45.8. The molecule has 0 aromatic rings. The third kappa shape index (κ3) is 68.5. The summed E-state index contributed by atoms with van der Waals surface area (Å²) in [6.45, 7) is 11.8. The molecule has 6 atom stereocenters. The summed E-state index contributed by atoms with van der Waals surface area (Å²) >= 11 is 0. The van der Waals surface area contributed by atoms with Crippen LogP contribution in [0.5, 0.6) is 0 Å². The van der Waals surface area contributed by atoms with E-state index in [4.69, 9.17) is 37.0 Å². The predicted molar refractivity (Wildman–Crippen MR) is 386 cm³/mol. The van der Waals surface area contributed by atoms with Gasteiger partial charge in [0.1, 0.15) is 19.3 Å². The summed E-state index contributed by atoms with van der Waals surface area (Å²) < 4.78 is 68.5. The van der Waals surface area contributed by atoms with Crippen molar-refractivity contribution in [2.75, 3.05) is 39.6 Å². The fraction of sp³-hybridized carbons (Fsp3) is 0.895. The van der Waals surface area contributed by atoms with Crippen molar-refractivity contribution in [3.05, 3.63) is 24.3 Å². The smallest absolute Gasteiger partial charge is 0.462 e. The maximum atomic E-state index is 13.1. The van der Waals surface area contributed by atoms with Crippen molar-refractivity contribution >= 4 is 39.5 Å². The Morgan fingerprint density at radius 1 is 0.347 bits per heavy atom. The van der Waals surface area contributed by atoms with Crippen molar-refractivity contribution < 1.29 is 80.2 Å². The first kappa shape index (κ1) is 92.5. The lowest BCUT2D eigenvalue weighted by molar-refractivity contribution is -0.161. The van der Waals surface area contributed by atoms with Crippen LogP contribution in [-0.2, 0) is 65.4 Å². The van der Waals surface area contributed by atoms with Crippen LogP contribution in [0.2, 0.25) is 0 Å². The Kier molecular flexibility index (Phi) is 64.4. The number of aliphatic hydroxyl groups excluding tert-OH is 1. The number of rotatable bonds is 72. The van der Waals surface area contributed by atoms with E-state index in [1.807, 2.05) is 0 Å². The minimum atomic E-state index is -4.97. The van der Waals surface area contributed by atoms with E-state index < -0.39 is 97.5 Å². The van der Waals surface area contributed by atoms with E-state index in [1.54, 1.807) is 0 Å². The lowest BCUT2D eigenvalue weighted by Gasteiger charge is -2.21.